The van der Waals surface area contributed by atoms with Gasteiger partial charge in [-0.2, -0.15) is 13.2 Å². The third kappa shape index (κ3) is 5.28. The normalized spacial score (nSPS) is 15.5. The fraction of sp³-hybridized carbons (Fsp3) is 0.375. The molecule has 0 radical (unpaired) electrons. The molecule has 182 valence electrons. The number of rotatable bonds is 6. The molecular formula is C24H25F3N2O4S. The minimum atomic E-state index is -4.76. The van der Waals surface area contributed by atoms with E-state index >= 15 is 0 Å². The van der Waals surface area contributed by atoms with Gasteiger partial charge in [0.1, 0.15) is 6.61 Å². The van der Waals surface area contributed by atoms with Gasteiger partial charge >= 0.3 is 12.1 Å². The molecule has 6 nitrogen and oxygen atoms in total. The van der Waals surface area contributed by atoms with Crippen LogP contribution in [0.3, 0.4) is 0 Å². The molecule has 2 N–H and O–H groups in total. The number of H-pyrrole nitrogens is 1. The molecule has 1 aromatic heterocycles. The molecule has 10 heteroatoms. The first kappa shape index (κ1) is 24.3. The van der Waals surface area contributed by atoms with Crippen LogP contribution in [0, 0.1) is 0 Å². The quantitative estimate of drug-likeness (QED) is 0.441. The number of carbonyl (C=O) groups is 1. The Hall–Kier alpha value is -2.85. The van der Waals surface area contributed by atoms with E-state index in [0.29, 0.717) is 35.4 Å². The van der Waals surface area contributed by atoms with Crippen LogP contribution >= 0.6 is 0 Å². The van der Waals surface area contributed by atoms with Gasteiger partial charge in [-0.1, -0.05) is 37.5 Å². The van der Waals surface area contributed by atoms with Crippen molar-refractivity contribution in [3.05, 3.63) is 53.6 Å². The van der Waals surface area contributed by atoms with Crippen molar-refractivity contribution in [1.82, 2.24) is 9.71 Å². The lowest BCUT2D eigenvalue weighted by Gasteiger charge is -2.23. The van der Waals surface area contributed by atoms with E-state index in [9.17, 15) is 26.4 Å². The van der Waals surface area contributed by atoms with E-state index in [1.807, 2.05) is 0 Å². The number of hydrogen-bond donors (Lipinski definition) is 2. The van der Waals surface area contributed by atoms with Crippen molar-refractivity contribution in [2.75, 3.05) is 0 Å². The Labute approximate surface area is 195 Å². The minimum absolute atomic E-state index is 0.0391. The zero-order valence-electron chi connectivity index (χ0n) is 18.5. The van der Waals surface area contributed by atoms with Crippen LogP contribution in [0.4, 0.5) is 13.2 Å². The van der Waals surface area contributed by atoms with Gasteiger partial charge in [0.05, 0.1) is 16.2 Å². The maximum absolute atomic E-state index is 13.8. The molecule has 1 heterocycles. The van der Waals surface area contributed by atoms with E-state index in [1.54, 1.807) is 24.3 Å². The Morgan fingerprint density at radius 1 is 1.12 bits per heavy atom. The molecule has 0 bridgehead atoms. The number of benzene rings is 2. The van der Waals surface area contributed by atoms with Crippen molar-refractivity contribution < 1.29 is 31.1 Å². The number of sulfonamides is 1. The maximum atomic E-state index is 13.8. The molecule has 1 saturated carbocycles. The number of nitrogens with one attached hydrogen (secondary N) is 2. The number of para-hydroxylation sites is 1. The smallest absolute Gasteiger partial charge is 0.416 e. The number of aromatic nitrogens is 1. The Kier molecular flexibility index (Phi) is 6.73. The molecule has 2 aromatic carbocycles. The van der Waals surface area contributed by atoms with Gasteiger partial charge in [0.15, 0.2) is 0 Å². The third-order valence-electron chi connectivity index (χ3n) is 5.99. The summed E-state index contributed by atoms with van der Waals surface area (Å²) in [5, 5.41) is 0.667. The molecule has 1 aliphatic rings. The highest BCUT2D eigenvalue weighted by Gasteiger charge is 2.34. The molecule has 1 aliphatic carbocycles. The standard InChI is InChI=1S/C24H25F3N2O4S/c1-15(30)33-14-21-20-9-5-6-10-22(20)28-23(21)16-11-17(24(25,26)27)13-19(12-16)34(31,32)29-18-7-3-2-4-8-18/h5-6,9-13,18,28-29H,2-4,7-8,14H2,1H3. The van der Waals surface area contributed by atoms with Crippen LogP contribution in [0.1, 0.15) is 50.2 Å². The summed E-state index contributed by atoms with van der Waals surface area (Å²) in [6, 6.07) is 9.49. The summed E-state index contributed by atoms with van der Waals surface area (Å²) < 4.78 is 75.2. The predicted octanol–water partition coefficient (Wildman–Crippen LogP) is 5.53. The zero-order chi connectivity index (χ0) is 24.5. The lowest BCUT2D eigenvalue weighted by atomic mass is 9.96. The average molecular weight is 495 g/mol. The second kappa shape index (κ2) is 9.42. The molecule has 0 aliphatic heterocycles. The minimum Gasteiger partial charge on any atom is -0.461 e. The summed E-state index contributed by atoms with van der Waals surface area (Å²) in [6.45, 7) is 1.06. The third-order valence-corrected chi connectivity index (χ3v) is 7.49. The van der Waals surface area contributed by atoms with Crippen molar-refractivity contribution in [1.29, 1.82) is 0 Å². The zero-order valence-corrected chi connectivity index (χ0v) is 19.4. The SMILES string of the molecule is CC(=O)OCc1c(-c2cc(C(F)(F)F)cc(S(=O)(=O)NC3CCCCC3)c2)[nH]c2ccccc12. The van der Waals surface area contributed by atoms with Crippen LogP contribution in [0.5, 0.6) is 0 Å². The lowest BCUT2D eigenvalue weighted by molar-refractivity contribution is -0.142. The molecule has 0 amide bonds. The monoisotopic (exact) mass is 494 g/mol. The van der Waals surface area contributed by atoms with Crippen LogP contribution in [0.25, 0.3) is 22.2 Å². The Morgan fingerprint density at radius 2 is 1.82 bits per heavy atom. The topological polar surface area (TPSA) is 88.3 Å². The molecular weight excluding hydrogens is 469 g/mol. The van der Waals surface area contributed by atoms with Gasteiger partial charge in [0, 0.05) is 35.0 Å². The Morgan fingerprint density at radius 3 is 2.50 bits per heavy atom. The van der Waals surface area contributed by atoms with Gasteiger partial charge in [-0.05, 0) is 37.1 Å². The van der Waals surface area contributed by atoms with Gasteiger partial charge < -0.3 is 9.72 Å². The molecule has 34 heavy (non-hydrogen) atoms. The van der Waals surface area contributed by atoms with Crippen molar-refractivity contribution in [3.63, 3.8) is 0 Å². The van der Waals surface area contributed by atoms with Gasteiger partial charge in [-0.25, -0.2) is 13.1 Å². The second-order valence-electron chi connectivity index (χ2n) is 8.50. The Bertz CT molecular complexity index is 1310. The van der Waals surface area contributed by atoms with Gasteiger partial charge in [0.25, 0.3) is 0 Å². The predicted molar refractivity (Wildman–Crippen MR) is 121 cm³/mol. The summed E-state index contributed by atoms with van der Waals surface area (Å²) in [5.74, 6) is -0.541. The summed E-state index contributed by atoms with van der Waals surface area (Å²) in [6.07, 6.45) is -0.699. The van der Waals surface area contributed by atoms with Gasteiger partial charge in [0.2, 0.25) is 10.0 Å². The highest BCUT2D eigenvalue weighted by atomic mass is 32.2. The molecule has 1 fully saturated rings. The highest BCUT2D eigenvalue weighted by molar-refractivity contribution is 7.89. The molecule has 0 unspecified atom stereocenters. The fourth-order valence-electron chi connectivity index (χ4n) is 4.34. The molecule has 3 aromatic rings. The number of esters is 1. The molecule has 4 rings (SSSR count). The first-order valence-electron chi connectivity index (χ1n) is 11.0. The highest BCUT2D eigenvalue weighted by Crippen LogP contribution is 2.37. The maximum Gasteiger partial charge on any atom is 0.416 e. The largest absolute Gasteiger partial charge is 0.461 e. The van der Waals surface area contributed by atoms with Gasteiger partial charge in [-0.3, -0.25) is 4.79 Å². The summed E-state index contributed by atoms with van der Waals surface area (Å²) in [4.78, 5) is 14.0. The van der Waals surface area contributed by atoms with Crippen LogP contribution in [-0.2, 0) is 32.3 Å². The number of halogens is 3. The van der Waals surface area contributed by atoms with E-state index in [0.717, 1.165) is 25.3 Å². The van der Waals surface area contributed by atoms with Crippen LogP contribution < -0.4 is 4.72 Å². The molecule has 0 saturated heterocycles. The van der Waals surface area contributed by atoms with Crippen LogP contribution in [0.15, 0.2) is 47.4 Å². The summed E-state index contributed by atoms with van der Waals surface area (Å²) >= 11 is 0. The number of carbonyl (C=O) groups excluding carboxylic acids is 1. The van der Waals surface area contributed by atoms with Crippen molar-refractivity contribution in [2.45, 2.75) is 62.7 Å². The van der Waals surface area contributed by atoms with Crippen LogP contribution in [-0.4, -0.2) is 25.4 Å². The average Bonchev–Trinajstić information content (AvgIpc) is 3.16. The van der Waals surface area contributed by atoms with E-state index in [2.05, 4.69) is 9.71 Å². The van der Waals surface area contributed by atoms with E-state index in [4.69, 9.17) is 4.74 Å². The van der Waals surface area contributed by atoms with Crippen molar-refractivity contribution in [2.24, 2.45) is 0 Å². The van der Waals surface area contributed by atoms with Crippen molar-refractivity contribution >= 4 is 26.9 Å². The Balaban J connectivity index is 1.84. The summed E-state index contributed by atoms with van der Waals surface area (Å²) in [5.41, 5.74) is 0.321. The number of hydrogen-bond acceptors (Lipinski definition) is 4. The number of fused-ring (bicyclic) bond motifs is 1. The van der Waals surface area contributed by atoms with E-state index in [-0.39, 0.29) is 23.9 Å². The molecule has 0 atom stereocenters. The van der Waals surface area contributed by atoms with Crippen LogP contribution in [0.2, 0.25) is 0 Å². The first-order valence-corrected chi connectivity index (χ1v) is 12.5. The van der Waals surface area contributed by atoms with Crippen molar-refractivity contribution in [3.8, 4) is 11.3 Å². The summed E-state index contributed by atoms with van der Waals surface area (Å²) in [7, 11) is -4.19. The van der Waals surface area contributed by atoms with Gasteiger partial charge in [-0.15, -0.1) is 0 Å². The number of aromatic amines is 1. The first-order chi connectivity index (χ1) is 16.0. The number of alkyl halides is 3. The molecule has 0 spiro atoms. The second-order valence-corrected chi connectivity index (χ2v) is 10.2. The fourth-order valence-corrected chi connectivity index (χ4v) is 5.72. The van der Waals surface area contributed by atoms with E-state index < -0.39 is 32.6 Å². The lowest BCUT2D eigenvalue weighted by Crippen LogP contribution is -2.36. The number of ether oxygens (including phenoxy) is 1. The van der Waals surface area contributed by atoms with E-state index in [1.165, 1.54) is 13.0 Å².